The summed E-state index contributed by atoms with van der Waals surface area (Å²) in [5, 5.41) is 10.3. The molecule has 0 N–H and O–H groups in total. The molecular weight excluding hydrogens is 326 g/mol. The van der Waals surface area contributed by atoms with Crippen molar-refractivity contribution in [3.8, 4) is 11.4 Å². The van der Waals surface area contributed by atoms with E-state index in [2.05, 4.69) is 42.2 Å². The van der Waals surface area contributed by atoms with Crippen LogP contribution in [0.1, 0.15) is 16.7 Å². The molecule has 3 rings (SSSR count). The second-order valence-electron chi connectivity index (χ2n) is 5.58. The molecule has 0 amide bonds. The molecule has 0 saturated carbocycles. The summed E-state index contributed by atoms with van der Waals surface area (Å²) in [4.78, 5) is 0. The third-order valence-corrected chi connectivity index (χ3v) is 5.22. The summed E-state index contributed by atoms with van der Waals surface area (Å²) in [6, 6.07) is 14.2. The van der Waals surface area contributed by atoms with Crippen molar-refractivity contribution in [1.82, 2.24) is 14.8 Å². The SMILES string of the molecule is Cc1ccc(CSc2nnc(-c3ccc(Cl)cc3)n2C)cc1C. The first kappa shape index (κ1) is 16.1. The third kappa shape index (κ3) is 3.59. The zero-order chi connectivity index (χ0) is 16.4. The van der Waals surface area contributed by atoms with Gasteiger partial charge in [-0.25, -0.2) is 0 Å². The van der Waals surface area contributed by atoms with Crippen LogP contribution in [0.25, 0.3) is 11.4 Å². The van der Waals surface area contributed by atoms with Gasteiger partial charge in [0.1, 0.15) is 0 Å². The summed E-state index contributed by atoms with van der Waals surface area (Å²) in [5.74, 6) is 1.73. The van der Waals surface area contributed by atoms with Crippen molar-refractivity contribution in [2.24, 2.45) is 7.05 Å². The molecular formula is C18H18ClN3S. The van der Waals surface area contributed by atoms with E-state index in [1.54, 1.807) is 11.8 Å². The fourth-order valence-corrected chi connectivity index (χ4v) is 3.31. The highest BCUT2D eigenvalue weighted by Crippen LogP contribution is 2.26. The quantitative estimate of drug-likeness (QED) is 0.621. The van der Waals surface area contributed by atoms with Gasteiger partial charge in [0.2, 0.25) is 0 Å². The van der Waals surface area contributed by atoms with Crippen molar-refractivity contribution in [3.63, 3.8) is 0 Å². The molecule has 2 aromatic carbocycles. The lowest BCUT2D eigenvalue weighted by atomic mass is 10.1. The Hall–Kier alpha value is -1.78. The van der Waals surface area contributed by atoms with Crippen molar-refractivity contribution >= 4 is 23.4 Å². The zero-order valence-electron chi connectivity index (χ0n) is 13.4. The highest BCUT2D eigenvalue weighted by atomic mass is 35.5. The molecule has 0 atom stereocenters. The van der Waals surface area contributed by atoms with Crippen LogP contribution in [0.3, 0.4) is 0 Å². The number of benzene rings is 2. The molecule has 1 heterocycles. The van der Waals surface area contributed by atoms with Gasteiger partial charge in [-0.05, 0) is 54.8 Å². The van der Waals surface area contributed by atoms with E-state index < -0.39 is 0 Å². The molecule has 0 saturated heterocycles. The third-order valence-electron chi connectivity index (χ3n) is 3.88. The van der Waals surface area contributed by atoms with Gasteiger partial charge in [-0.15, -0.1) is 10.2 Å². The maximum atomic E-state index is 5.94. The molecule has 0 fully saturated rings. The van der Waals surface area contributed by atoms with Gasteiger partial charge in [0.25, 0.3) is 0 Å². The molecule has 0 radical (unpaired) electrons. The van der Waals surface area contributed by atoms with Crippen molar-refractivity contribution in [1.29, 1.82) is 0 Å². The summed E-state index contributed by atoms with van der Waals surface area (Å²) in [6.07, 6.45) is 0. The highest BCUT2D eigenvalue weighted by Gasteiger charge is 2.11. The minimum absolute atomic E-state index is 0.722. The van der Waals surface area contributed by atoms with Crippen molar-refractivity contribution in [2.45, 2.75) is 24.8 Å². The number of hydrogen-bond acceptors (Lipinski definition) is 3. The van der Waals surface area contributed by atoms with Gasteiger partial charge in [0.05, 0.1) is 0 Å². The minimum atomic E-state index is 0.722. The maximum Gasteiger partial charge on any atom is 0.191 e. The van der Waals surface area contributed by atoms with E-state index in [0.29, 0.717) is 0 Å². The lowest BCUT2D eigenvalue weighted by Gasteiger charge is -2.06. The molecule has 0 unspecified atom stereocenters. The first-order chi connectivity index (χ1) is 11.0. The Bertz CT molecular complexity index is 825. The van der Waals surface area contributed by atoms with E-state index in [1.165, 1.54) is 16.7 Å². The van der Waals surface area contributed by atoms with Crippen molar-refractivity contribution < 1.29 is 0 Å². The Labute approximate surface area is 145 Å². The van der Waals surface area contributed by atoms with Gasteiger partial charge in [-0.3, -0.25) is 0 Å². The van der Waals surface area contributed by atoms with Crippen molar-refractivity contribution in [3.05, 3.63) is 64.2 Å². The molecule has 0 aliphatic carbocycles. The van der Waals surface area contributed by atoms with E-state index >= 15 is 0 Å². The van der Waals surface area contributed by atoms with E-state index in [0.717, 1.165) is 27.3 Å². The van der Waals surface area contributed by atoms with E-state index in [-0.39, 0.29) is 0 Å². The normalized spacial score (nSPS) is 11.0. The summed E-state index contributed by atoms with van der Waals surface area (Å²) in [7, 11) is 1.99. The van der Waals surface area contributed by atoms with Crippen molar-refractivity contribution in [2.75, 3.05) is 0 Å². The molecule has 23 heavy (non-hydrogen) atoms. The Balaban J connectivity index is 1.76. The Morgan fingerprint density at radius 1 is 1.00 bits per heavy atom. The fourth-order valence-electron chi connectivity index (χ4n) is 2.33. The van der Waals surface area contributed by atoms with Crippen LogP contribution in [0.5, 0.6) is 0 Å². The van der Waals surface area contributed by atoms with Crippen LogP contribution in [0.4, 0.5) is 0 Å². The molecule has 0 aliphatic heterocycles. The van der Waals surface area contributed by atoms with E-state index in [4.69, 9.17) is 11.6 Å². The van der Waals surface area contributed by atoms with Gasteiger partial charge in [-0.2, -0.15) is 0 Å². The molecule has 0 aliphatic rings. The standard InChI is InChI=1S/C18H18ClN3S/c1-12-4-5-14(10-13(12)2)11-23-18-21-20-17(22(18)3)15-6-8-16(19)9-7-15/h4-10H,11H2,1-3H3. The van der Waals surface area contributed by atoms with Crippen LogP contribution in [0.15, 0.2) is 47.6 Å². The van der Waals surface area contributed by atoms with Crippen LogP contribution >= 0.6 is 23.4 Å². The topological polar surface area (TPSA) is 30.7 Å². The summed E-state index contributed by atoms with van der Waals surface area (Å²) < 4.78 is 2.02. The summed E-state index contributed by atoms with van der Waals surface area (Å²) in [5.41, 5.74) is 4.96. The first-order valence-electron chi connectivity index (χ1n) is 7.39. The molecule has 3 aromatic rings. The van der Waals surface area contributed by atoms with Crippen LogP contribution in [-0.2, 0) is 12.8 Å². The van der Waals surface area contributed by atoms with Crippen LogP contribution in [0, 0.1) is 13.8 Å². The van der Waals surface area contributed by atoms with Crippen LogP contribution in [0.2, 0.25) is 5.02 Å². The molecule has 0 bridgehead atoms. The number of aryl methyl sites for hydroxylation is 2. The highest BCUT2D eigenvalue weighted by molar-refractivity contribution is 7.98. The first-order valence-corrected chi connectivity index (χ1v) is 8.75. The largest absolute Gasteiger partial charge is 0.305 e. The number of nitrogens with zero attached hydrogens (tertiary/aromatic N) is 3. The average molecular weight is 344 g/mol. The van der Waals surface area contributed by atoms with Gasteiger partial charge in [0.15, 0.2) is 11.0 Å². The predicted octanol–water partition coefficient (Wildman–Crippen LogP) is 5.04. The Kier molecular flexibility index (Phi) is 4.74. The molecule has 0 spiro atoms. The lowest BCUT2D eigenvalue weighted by molar-refractivity contribution is 0.794. The zero-order valence-corrected chi connectivity index (χ0v) is 14.9. The summed E-state index contributed by atoms with van der Waals surface area (Å²) >= 11 is 7.64. The second-order valence-corrected chi connectivity index (χ2v) is 6.96. The number of thioether (sulfide) groups is 1. The lowest BCUT2D eigenvalue weighted by Crippen LogP contribution is -1.95. The smallest absolute Gasteiger partial charge is 0.191 e. The molecule has 118 valence electrons. The van der Waals surface area contributed by atoms with Gasteiger partial charge < -0.3 is 4.57 Å². The van der Waals surface area contributed by atoms with Gasteiger partial charge >= 0.3 is 0 Å². The number of aromatic nitrogens is 3. The van der Waals surface area contributed by atoms with Gasteiger partial charge in [0, 0.05) is 23.4 Å². The fraction of sp³-hybridized carbons (Fsp3) is 0.222. The average Bonchev–Trinajstić information content (AvgIpc) is 2.90. The van der Waals surface area contributed by atoms with E-state index in [1.807, 2.05) is 35.9 Å². The van der Waals surface area contributed by atoms with Crippen LogP contribution < -0.4 is 0 Å². The molecule has 5 heteroatoms. The summed E-state index contributed by atoms with van der Waals surface area (Å²) in [6.45, 7) is 4.28. The van der Waals surface area contributed by atoms with Crippen LogP contribution in [-0.4, -0.2) is 14.8 Å². The number of halogens is 1. The maximum absolute atomic E-state index is 5.94. The predicted molar refractivity (Wildman–Crippen MR) is 96.9 cm³/mol. The Morgan fingerprint density at radius 2 is 1.74 bits per heavy atom. The number of hydrogen-bond donors (Lipinski definition) is 0. The second kappa shape index (κ2) is 6.77. The Morgan fingerprint density at radius 3 is 2.43 bits per heavy atom. The van der Waals surface area contributed by atoms with Gasteiger partial charge in [-0.1, -0.05) is 41.6 Å². The van der Waals surface area contributed by atoms with E-state index in [9.17, 15) is 0 Å². The minimum Gasteiger partial charge on any atom is -0.305 e. The molecule has 3 nitrogen and oxygen atoms in total. The monoisotopic (exact) mass is 343 g/mol. The number of rotatable bonds is 4. The molecule has 1 aromatic heterocycles.